The Morgan fingerprint density at radius 2 is 1.89 bits per heavy atom. The van der Waals surface area contributed by atoms with Crippen molar-refractivity contribution >= 4 is 5.97 Å². The number of hydrogen-bond donors (Lipinski definition) is 1. The van der Waals surface area contributed by atoms with Crippen LogP contribution < -0.4 is 0 Å². The average molecular weight is 266 g/mol. The second kappa shape index (κ2) is 4.93. The minimum Gasteiger partial charge on any atom is -0.465 e. The number of aliphatic hydroxyl groups is 1. The molecular formula is C16H26O3. The third-order valence-corrected chi connectivity index (χ3v) is 4.98. The van der Waals surface area contributed by atoms with Crippen molar-refractivity contribution in [3.63, 3.8) is 0 Å². The number of carbonyl (C=O) groups is 1. The molecule has 0 aliphatic heterocycles. The number of esters is 1. The SMILES string of the molecule is CC(=O)OCC1C(C)(C)CC2=C(CC2)CCC1(C)O. The summed E-state index contributed by atoms with van der Waals surface area (Å²) in [5.41, 5.74) is 2.32. The van der Waals surface area contributed by atoms with E-state index in [0.29, 0.717) is 6.61 Å². The maximum absolute atomic E-state index is 11.1. The lowest BCUT2D eigenvalue weighted by molar-refractivity contribution is -0.150. The first-order valence-electron chi connectivity index (χ1n) is 7.28. The maximum Gasteiger partial charge on any atom is 0.302 e. The van der Waals surface area contributed by atoms with Crippen LogP contribution in [0, 0.1) is 11.3 Å². The molecule has 2 atom stereocenters. The molecule has 108 valence electrons. The zero-order valence-corrected chi connectivity index (χ0v) is 12.6. The molecule has 0 spiro atoms. The van der Waals surface area contributed by atoms with Gasteiger partial charge in [-0.25, -0.2) is 0 Å². The molecule has 2 aliphatic rings. The molecule has 19 heavy (non-hydrogen) atoms. The van der Waals surface area contributed by atoms with Crippen LogP contribution in [0.2, 0.25) is 0 Å². The monoisotopic (exact) mass is 266 g/mol. The molecule has 0 aromatic carbocycles. The Morgan fingerprint density at radius 1 is 1.26 bits per heavy atom. The minimum atomic E-state index is -0.771. The minimum absolute atomic E-state index is 0.0152. The van der Waals surface area contributed by atoms with E-state index in [1.54, 1.807) is 11.1 Å². The van der Waals surface area contributed by atoms with Crippen molar-refractivity contribution in [3.05, 3.63) is 11.1 Å². The molecule has 0 radical (unpaired) electrons. The molecule has 2 aliphatic carbocycles. The summed E-state index contributed by atoms with van der Waals surface area (Å²) in [6.45, 7) is 8.01. The van der Waals surface area contributed by atoms with Crippen LogP contribution in [0.15, 0.2) is 11.1 Å². The number of rotatable bonds is 2. The summed E-state index contributed by atoms with van der Waals surface area (Å²) in [5, 5.41) is 10.8. The highest BCUT2D eigenvalue weighted by Crippen LogP contribution is 2.49. The van der Waals surface area contributed by atoms with Gasteiger partial charge in [0.25, 0.3) is 0 Å². The first kappa shape index (κ1) is 14.6. The second-order valence-corrected chi connectivity index (χ2v) is 7.08. The highest BCUT2D eigenvalue weighted by Gasteiger charge is 2.45. The first-order chi connectivity index (χ1) is 8.72. The summed E-state index contributed by atoms with van der Waals surface area (Å²) in [4.78, 5) is 11.1. The van der Waals surface area contributed by atoms with Crippen molar-refractivity contribution in [3.8, 4) is 0 Å². The van der Waals surface area contributed by atoms with Gasteiger partial charge < -0.3 is 9.84 Å². The Kier molecular flexibility index (Phi) is 3.78. The molecule has 2 unspecified atom stereocenters. The van der Waals surface area contributed by atoms with E-state index < -0.39 is 5.60 Å². The van der Waals surface area contributed by atoms with Gasteiger partial charge in [-0.1, -0.05) is 25.0 Å². The summed E-state index contributed by atoms with van der Waals surface area (Å²) in [6.07, 6.45) is 5.19. The van der Waals surface area contributed by atoms with E-state index in [0.717, 1.165) is 19.3 Å². The normalized spacial score (nSPS) is 33.8. The van der Waals surface area contributed by atoms with Gasteiger partial charge in [0.1, 0.15) is 0 Å². The van der Waals surface area contributed by atoms with Crippen molar-refractivity contribution in [2.75, 3.05) is 6.61 Å². The number of hydrogen-bond acceptors (Lipinski definition) is 3. The molecule has 0 heterocycles. The molecule has 3 nitrogen and oxygen atoms in total. The smallest absolute Gasteiger partial charge is 0.302 e. The van der Waals surface area contributed by atoms with Gasteiger partial charge in [-0.3, -0.25) is 4.79 Å². The van der Waals surface area contributed by atoms with Crippen LogP contribution in [0.5, 0.6) is 0 Å². The van der Waals surface area contributed by atoms with Crippen LogP contribution in [0.3, 0.4) is 0 Å². The zero-order valence-electron chi connectivity index (χ0n) is 12.6. The topological polar surface area (TPSA) is 46.5 Å². The van der Waals surface area contributed by atoms with E-state index in [-0.39, 0.29) is 17.3 Å². The van der Waals surface area contributed by atoms with Crippen LogP contribution in [0.4, 0.5) is 0 Å². The van der Waals surface area contributed by atoms with Crippen molar-refractivity contribution in [2.45, 2.75) is 65.4 Å². The Morgan fingerprint density at radius 3 is 2.42 bits per heavy atom. The molecule has 1 N–H and O–H groups in total. The fourth-order valence-electron chi connectivity index (χ4n) is 3.69. The molecule has 0 amide bonds. The van der Waals surface area contributed by atoms with Crippen LogP contribution >= 0.6 is 0 Å². The van der Waals surface area contributed by atoms with E-state index in [1.165, 1.54) is 19.8 Å². The van der Waals surface area contributed by atoms with Gasteiger partial charge in [0.15, 0.2) is 0 Å². The van der Waals surface area contributed by atoms with Crippen molar-refractivity contribution in [1.29, 1.82) is 0 Å². The molecule has 0 aromatic rings. The Bertz CT molecular complexity index is 404. The number of carbonyl (C=O) groups excluding carboxylic acids is 1. The fourth-order valence-corrected chi connectivity index (χ4v) is 3.69. The Hall–Kier alpha value is -0.830. The summed E-state index contributed by atoms with van der Waals surface area (Å²) in [7, 11) is 0. The zero-order chi connectivity index (χ0) is 14.3. The van der Waals surface area contributed by atoms with Crippen molar-refractivity contribution in [1.82, 2.24) is 0 Å². The average Bonchev–Trinajstić information content (AvgIpc) is 2.22. The highest BCUT2D eigenvalue weighted by atomic mass is 16.5. The predicted octanol–water partition coefficient (Wildman–Crippen LogP) is 3.22. The second-order valence-electron chi connectivity index (χ2n) is 7.08. The van der Waals surface area contributed by atoms with E-state index in [1.807, 2.05) is 6.92 Å². The van der Waals surface area contributed by atoms with E-state index >= 15 is 0 Å². The number of allylic oxidation sites excluding steroid dienone is 2. The van der Waals surface area contributed by atoms with Crippen LogP contribution in [0.25, 0.3) is 0 Å². The third-order valence-electron chi connectivity index (χ3n) is 4.98. The molecule has 3 heteroatoms. The Balaban J connectivity index is 2.22. The van der Waals surface area contributed by atoms with Gasteiger partial charge in [-0.2, -0.15) is 0 Å². The van der Waals surface area contributed by atoms with Gasteiger partial charge in [0.05, 0.1) is 12.2 Å². The van der Waals surface area contributed by atoms with Crippen LogP contribution in [0.1, 0.15) is 59.8 Å². The fraction of sp³-hybridized carbons (Fsp3) is 0.812. The van der Waals surface area contributed by atoms with Gasteiger partial charge in [0, 0.05) is 12.8 Å². The maximum atomic E-state index is 11.1. The van der Waals surface area contributed by atoms with Crippen molar-refractivity contribution in [2.24, 2.45) is 11.3 Å². The predicted molar refractivity (Wildman–Crippen MR) is 74.6 cm³/mol. The molecule has 0 saturated carbocycles. The molecule has 0 bridgehead atoms. The van der Waals surface area contributed by atoms with Crippen LogP contribution in [-0.2, 0) is 9.53 Å². The lowest BCUT2D eigenvalue weighted by Gasteiger charge is -2.47. The quantitative estimate of drug-likeness (QED) is 0.616. The van der Waals surface area contributed by atoms with Gasteiger partial charge >= 0.3 is 5.97 Å². The highest BCUT2D eigenvalue weighted by molar-refractivity contribution is 5.65. The molecule has 0 saturated heterocycles. The molecule has 2 rings (SSSR count). The van der Waals surface area contributed by atoms with Gasteiger partial charge in [-0.05, 0) is 44.4 Å². The molecular weight excluding hydrogens is 240 g/mol. The van der Waals surface area contributed by atoms with Gasteiger partial charge in [0.2, 0.25) is 0 Å². The van der Waals surface area contributed by atoms with E-state index in [9.17, 15) is 9.90 Å². The van der Waals surface area contributed by atoms with Crippen LogP contribution in [-0.4, -0.2) is 23.3 Å². The van der Waals surface area contributed by atoms with E-state index in [2.05, 4.69) is 13.8 Å². The summed E-state index contributed by atoms with van der Waals surface area (Å²) >= 11 is 0. The standard InChI is InChI=1S/C16H26O3/c1-11(17)19-10-14-15(2,3)9-13-6-5-12(13)7-8-16(14,4)18/h14,18H,5-10H2,1-4H3. The largest absolute Gasteiger partial charge is 0.465 e. The Labute approximate surface area is 116 Å². The van der Waals surface area contributed by atoms with E-state index in [4.69, 9.17) is 4.74 Å². The molecule has 0 aromatic heterocycles. The first-order valence-corrected chi connectivity index (χ1v) is 7.28. The van der Waals surface area contributed by atoms with Crippen molar-refractivity contribution < 1.29 is 14.6 Å². The lowest BCUT2D eigenvalue weighted by Crippen LogP contribution is -2.48. The summed E-state index contributed by atoms with van der Waals surface area (Å²) in [5.74, 6) is -0.282. The molecule has 0 fully saturated rings. The lowest BCUT2D eigenvalue weighted by atomic mass is 9.61. The third kappa shape index (κ3) is 3.02. The summed E-state index contributed by atoms with van der Waals surface area (Å²) < 4.78 is 5.21. The number of ether oxygens (including phenoxy) is 1. The van der Waals surface area contributed by atoms with Gasteiger partial charge in [-0.15, -0.1) is 0 Å². The summed E-state index contributed by atoms with van der Waals surface area (Å²) in [6, 6.07) is 0.